The van der Waals surface area contributed by atoms with E-state index in [2.05, 4.69) is 25.7 Å². The number of carbonyl (C=O) groups excluding carboxylic acids is 1. The molecule has 0 saturated heterocycles. The van der Waals surface area contributed by atoms with E-state index in [1.165, 1.54) is 83.5 Å². The minimum absolute atomic E-state index is 0.318. The molecule has 0 aliphatic carbocycles. The van der Waals surface area contributed by atoms with E-state index in [0.717, 1.165) is 13.0 Å². The van der Waals surface area contributed by atoms with E-state index in [0.29, 0.717) is 18.8 Å². The molecule has 0 aromatic carbocycles. The SMILES string of the molecule is C=C(C)C(=O)OCCOCCCCCCCCC=CCCCCCCCC. The van der Waals surface area contributed by atoms with Crippen LogP contribution in [0.25, 0.3) is 0 Å². The van der Waals surface area contributed by atoms with Crippen LogP contribution in [0.15, 0.2) is 24.3 Å². The zero-order valence-electron chi connectivity index (χ0n) is 18.1. The Morgan fingerprint density at radius 2 is 1.26 bits per heavy atom. The second-order valence-corrected chi connectivity index (χ2v) is 7.47. The smallest absolute Gasteiger partial charge is 0.333 e. The maximum atomic E-state index is 11.2. The van der Waals surface area contributed by atoms with E-state index in [1.807, 2.05) is 0 Å². The van der Waals surface area contributed by atoms with Crippen LogP contribution in [0.3, 0.4) is 0 Å². The molecule has 158 valence electrons. The first-order chi connectivity index (χ1) is 13.2. The Labute approximate surface area is 168 Å². The molecule has 3 nitrogen and oxygen atoms in total. The van der Waals surface area contributed by atoms with E-state index >= 15 is 0 Å². The van der Waals surface area contributed by atoms with E-state index in [9.17, 15) is 4.79 Å². The van der Waals surface area contributed by atoms with Crippen LogP contribution < -0.4 is 0 Å². The van der Waals surface area contributed by atoms with Crippen LogP contribution in [0.5, 0.6) is 0 Å². The van der Waals surface area contributed by atoms with Gasteiger partial charge in [0, 0.05) is 12.2 Å². The molecule has 0 heterocycles. The highest BCUT2D eigenvalue weighted by atomic mass is 16.6. The molecule has 0 saturated carbocycles. The minimum Gasteiger partial charge on any atom is -0.460 e. The van der Waals surface area contributed by atoms with Gasteiger partial charge in [-0.1, -0.05) is 83.4 Å². The number of hydrogen-bond donors (Lipinski definition) is 0. The van der Waals surface area contributed by atoms with Crippen LogP contribution >= 0.6 is 0 Å². The normalized spacial score (nSPS) is 11.2. The highest BCUT2D eigenvalue weighted by Crippen LogP contribution is 2.10. The van der Waals surface area contributed by atoms with Crippen LogP contribution in [0.2, 0.25) is 0 Å². The molecule has 0 spiro atoms. The Morgan fingerprint density at radius 1 is 0.741 bits per heavy atom. The van der Waals surface area contributed by atoms with Gasteiger partial charge < -0.3 is 9.47 Å². The van der Waals surface area contributed by atoms with Crippen molar-refractivity contribution in [3.05, 3.63) is 24.3 Å². The van der Waals surface area contributed by atoms with Gasteiger partial charge in [-0.3, -0.25) is 0 Å². The first kappa shape index (κ1) is 25.9. The van der Waals surface area contributed by atoms with E-state index in [4.69, 9.17) is 9.47 Å². The number of allylic oxidation sites excluding steroid dienone is 2. The molecule has 0 unspecified atom stereocenters. The first-order valence-electron chi connectivity index (χ1n) is 11.2. The minimum atomic E-state index is -0.337. The van der Waals surface area contributed by atoms with Crippen LogP contribution in [-0.2, 0) is 14.3 Å². The third kappa shape index (κ3) is 21.1. The van der Waals surface area contributed by atoms with Crippen molar-refractivity contribution in [2.75, 3.05) is 19.8 Å². The van der Waals surface area contributed by atoms with Gasteiger partial charge in [-0.05, 0) is 39.0 Å². The fourth-order valence-electron chi connectivity index (χ4n) is 2.87. The molecule has 0 amide bonds. The van der Waals surface area contributed by atoms with Crippen molar-refractivity contribution in [3.63, 3.8) is 0 Å². The first-order valence-corrected chi connectivity index (χ1v) is 11.2. The maximum absolute atomic E-state index is 11.2. The van der Waals surface area contributed by atoms with Gasteiger partial charge in [-0.2, -0.15) is 0 Å². The number of rotatable bonds is 20. The molecule has 0 fully saturated rings. The number of carbonyl (C=O) groups is 1. The van der Waals surface area contributed by atoms with E-state index < -0.39 is 0 Å². The maximum Gasteiger partial charge on any atom is 0.333 e. The van der Waals surface area contributed by atoms with Crippen molar-refractivity contribution >= 4 is 5.97 Å². The predicted octanol–water partition coefficient (Wildman–Crippen LogP) is 7.16. The summed E-state index contributed by atoms with van der Waals surface area (Å²) in [6.45, 7) is 9.01. The summed E-state index contributed by atoms with van der Waals surface area (Å²) < 4.78 is 10.4. The summed E-state index contributed by atoms with van der Waals surface area (Å²) in [5.41, 5.74) is 0.434. The molecule has 0 aromatic heterocycles. The lowest BCUT2D eigenvalue weighted by molar-refractivity contribution is -0.140. The summed E-state index contributed by atoms with van der Waals surface area (Å²) in [6.07, 6.45) is 23.1. The highest BCUT2D eigenvalue weighted by Gasteiger charge is 2.01. The van der Waals surface area contributed by atoms with Crippen LogP contribution in [0.4, 0.5) is 0 Å². The zero-order valence-corrected chi connectivity index (χ0v) is 18.1. The second kappa shape index (κ2) is 21.2. The molecular weight excluding hydrogens is 336 g/mol. The van der Waals surface area contributed by atoms with Crippen molar-refractivity contribution in [2.45, 2.75) is 104 Å². The van der Waals surface area contributed by atoms with Gasteiger partial charge in [-0.25, -0.2) is 4.79 Å². The quantitative estimate of drug-likeness (QED) is 0.0972. The molecule has 0 radical (unpaired) electrons. The van der Waals surface area contributed by atoms with E-state index in [-0.39, 0.29) is 5.97 Å². The summed E-state index contributed by atoms with van der Waals surface area (Å²) in [4.78, 5) is 11.2. The number of hydrogen-bond acceptors (Lipinski definition) is 3. The molecule has 0 aliphatic rings. The lowest BCUT2D eigenvalue weighted by atomic mass is 10.1. The van der Waals surface area contributed by atoms with Gasteiger partial charge in [0.25, 0.3) is 0 Å². The van der Waals surface area contributed by atoms with Gasteiger partial charge >= 0.3 is 5.97 Å². The Balaban J connectivity index is 3.13. The highest BCUT2D eigenvalue weighted by molar-refractivity contribution is 5.86. The largest absolute Gasteiger partial charge is 0.460 e. The lowest BCUT2D eigenvalue weighted by Gasteiger charge is -2.06. The predicted molar refractivity (Wildman–Crippen MR) is 116 cm³/mol. The van der Waals surface area contributed by atoms with Crippen LogP contribution in [0, 0.1) is 0 Å². The van der Waals surface area contributed by atoms with Crippen molar-refractivity contribution < 1.29 is 14.3 Å². The Morgan fingerprint density at radius 3 is 1.81 bits per heavy atom. The lowest BCUT2D eigenvalue weighted by Crippen LogP contribution is -2.11. The summed E-state index contributed by atoms with van der Waals surface area (Å²) >= 11 is 0. The summed E-state index contributed by atoms with van der Waals surface area (Å²) in [7, 11) is 0. The zero-order chi connectivity index (χ0) is 20.0. The Hall–Kier alpha value is -1.09. The molecule has 0 bridgehead atoms. The Bertz CT molecular complexity index is 374. The third-order valence-corrected chi connectivity index (χ3v) is 4.61. The number of ether oxygens (including phenoxy) is 2. The van der Waals surface area contributed by atoms with Gasteiger partial charge in [0.05, 0.1) is 6.61 Å². The molecule has 0 atom stereocenters. The van der Waals surface area contributed by atoms with Gasteiger partial charge in [0.2, 0.25) is 0 Å². The molecule has 0 aromatic rings. The van der Waals surface area contributed by atoms with Crippen molar-refractivity contribution in [3.8, 4) is 0 Å². The standard InChI is InChI=1S/C24H44O3/c1-4-5-6-7-8-9-10-11-12-13-14-15-16-17-18-19-20-26-21-22-27-24(25)23(2)3/h11-12H,2,4-10,13-22H2,1,3H3. The third-order valence-electron chi connectivity index (χ3n) is 4.61. The fourth-order valence-corrected chi connectivity index (χ4v) is 2.87. The summed E-state index contributed by atoms with van der Waals surface area (Å²) in [5, 5.41) is 0. The molecule has 3 heteroatoms. The average molecular weight is 381 g/mol. The number of esters is 1. The van der Waals surface area contributed by atoms with Gasteiger partial charge in [0.15, 0.2) is 0 Å². The number of unbranched alkanes of at least 4 members (excludes halogenated alkanes) is 12. The molecule has 27 heavy (non-hydrogen) atoms. The average Bonchev–Trinajstić information content (AvgIpc) is 2.66. The van der Waals surface area contributed by atoms with Crippen molar-refractivity contribution in [2.24, 2.45) is 0 Å². The van der Waals surface area contributed by atoms with Crippen LogP contribution in [-0.4, -0.2) is 25.8 Å². The van der Waals surface area contributed by atoms with Crippen LogP contribution in [0.1, 0.15) is 104 Å². The van der Waals surface area contributed by atoms with Crippen molar-refractivity contribution in [1.82, 2.24) is 0 Å². The summed E-state index contributed by atoms with van der Waals surface area (Å²) in [6, 6.07) is 0. The van der Waals surface area contributed by atoms with Gasteiger partial charge in [-0.15, -0.1) is 0 Å². The van der Waals surface area contributed by atoms with E-state index in [1.54, 1.807) is 6.92 Å². The molecular formula is C24H44O3. The topological polar surface area (TPSA) is 35.5 Å². The second-order valence-electron chi connectivity index (χ2n) is 7.47. The molecule has 0 aliphatic heterocycles. The monoisotopic (exact) mass is 380 g/mol. The Kier molecular flexibility index (Phi) is 20.4. The molecule has 0 rings (SSSR count). The van der Waals surface area contributed by atoms with Crippen molar-refractivity contribution in [1.29, 1.82) is 0 Å². The fraction of sp³-hybridized carbons (Fsp3) is 0.792. The summed E-state index contributed by atoms with van der Waals surface area (Å²) in [5.74, 6) is -0.337. The van der Waals surface area contributed by atoms with Gasteiger partial charge in [0.1, 0.15) is 6.61 Å². The molecule has 0 N–H and O–H groups in total.